The molecule has 0 unspecified atom stereocenters. The standard InChI is InChI=1S/C75H111ClF3N13O12/c1-15-46(4)62-71(102)86(9)47(5)66(97)92-37-33-55(92)70(101)89(12)58(40-48-24-17-16-18-25-48)69(100)85(8)44-60(93)81-54(32-30-49-29-31-52(53(76)39-49)75(77,78)79)67(98)88(11)57(41-50-26-23-36-80-43-50)65(96)83-74(34-21-22-35-74)73(104)91(14)63(51-27-19-20-28-51)72(103)90(13)59(68(99)84(6)7)42-61(94)87(10)56(38-45(2)3)64(95)82-62/h23,26,29,31,36,39,43,45-48,51,54-59,62-63H,15-22,24-25,27-28,30,32-35,37-38,40-42,44H2,1-14H3,(H,81,93)(H,82,95)(H,83,96)/t46-,47-,54-,55-,56-,57-,58-,59-,62-,63-/m0/s1. The van der Waals surface area contributed by atoms with Crippen LogP contribution in [0.25, 0.3) is 0 Å². The van der Waals surface area contributed by atoms with Crippen molar-refractivity contribution in [2.24, 2.45) is 23.7 Å². The van der Waals surface area contributed by atoms with E-state index < -0.39 is 172 Å². The second-order valence-corrected chi connectivity index (χ2v) is 30.9. The number of benzene rings is 1. The molecule has 1 aromatic heterocycles. The van der Waals surface area contributed by atoms with E-state index in [4.69, 9.17) is 11.6 Å². The number of carbonyl (C=O) groups excluding carboxylic acids is 12. The highest BCUT2D eigenvalue weighted by atomic mass is 35.5. The van der Waals surface area contributed by atoms with E-state index in [0.29, 0.717) is 50.5 Å². The molecule has 29 heteroatoms. The summed E-state index contributed by atoms with van der Waals surface area (Å²) in [5, 5.41) is 8.15. The number of alkyl halides is 3. The van der Waals surface area contributed by atoms with Crippen LogP contribution in [0.1, 0.15) is 173 Å². The van der Waals surface area contributed by atoms with Crippen molar-refractivity contribution in [2.45, 2.75) is 236 Å². The van der Waals surface area contributed by atoms with E-state index in [1.165, 1.54) is 123 Å². The van der Waals surface area contributed by atoms with Gasteiger partial charge in [-0.05, 0) is 118 Å². The van der Waals surface area contributed by atoms with Crippen LogP contribution in [0.2, 0.25) is 5.02 Å². The maximum atomic E-state index is 15.8. The number of hydrogen-bond acceptors (Lipinski definition) is 13. The van der Waals surface area contributed by atoms with Gasteiger partial charge in [-0.3, -0.25) is 62.5 Å². The van der Waals surface area contributed by atoms with Crippen LogP contribution in [0.5, 0.6) is 0 Å². The largest absolute Gasteiger partial charge is 0.417 e. The van der Waals surface area contributed by atoms with Crippen molar-refractivity contribution in [2.75, 3.05) is 76.5 Å². The molecule has 5 fully saturated rings. The van der Waals surface area contributed by atoms with Crippen LogP contribution in [-0.4, -0.2) is 256 Å². The number of fused-ring (bicyclic) bond motifs is 1. The van der Waals surface area contributed by atoms with E-state index in [0.717, 1.165) is 54.0 Å². The molecule has 2 aromatic rings. The number of rotatable bonds is 13. The first-order chi connectivity index (χ1) is 48.9. The predicted octanol–water partition coefficient (Wildman–Crippen LogP) is 6.11. The second-order valence-electron chi connectivity index (χ2n) is 30.5. The number of carbonyl (C=O) groups is 12. The van der Waals surface area contributed by atoms with Crippen LogP contribution >= 0.6 is 11.6 Å². The highest BCUT2D eigenvalue weighted by Crippen LogP contribution is 2.39. The molecule has 7 rings (SSSR count). The summed E-state index contributed by atoms with van der Waals surface area (Å²) in [6.07, 6.45) is 5.88. The minimum absolute atomic E-state index is 0.00195. The van der Waals surface area contributed by atoms with Crippen molar-refractivity contribution in [3.8, 4) is 0 Å². The van der Waals surface area contributed by atoms with Crippen LogP contribution in [0.15, 0.2) is 42.7 Å². The Morgan fingerprint density at radius 3 is 1.89 bits per heavy atom. The Morgan fingerprint density at radius 2 is 1.33 bits per heavy atom. The van der Waals surface area contributed by atoms with Gasteiger partial charge in [0, 0.05) is 88.8 Å². The Hall–Kier alpha value is -7.91. The van der Waals surface area contributed by atoms with Crippen LogP contribution in [0.3, 0.4) is 0 Å². The molecule has 12 amide bonds. The number of pyridine rings is 1. The van der Waals surface area contributed by atoms with Gasteiger partial charge in [0.1, 0.15) is 59.9 Å². The first kappa shape index (κ1) is 83.4. The van der Waals surface area contributed by atoms with Gasteiger partial charge in [0.2, 0.25) is 70.9 Å². The van der Waals surface area contributed by atoms with Gasteiger partial charge in [0.15, 0.2) is 0 Å². The summed E-state index contributed by atoms with van der Waals surface area (Å²) in [7, 11) is 12.9. The van der Waals surface area contributed by atoms with Crippen molar-refractivity contribution >= 4 is 82.5 Å². The molecule has 0 radical (unpaired) electrons. The molecular formula is C75H111ClF3N13O12. The average Bonchev–Trinajstić information content (AvgIpc) is 1.07. The van der Waals surface area contributed by atoms with Crippen molar-refractivity contribution in [1.29, 1.82) is 0 Å². The third-order valence-corrected chi connectivity index (χ3v) is 22.9. The van der Waals surface area contributed by atoms with Crippen molar-refractivity contribution < 1.29 is 70.7 Å². The highest BCUT2D eigenvalue weighted by Gasteiger charge is 2.52. The number of likely N-dealkylation sites (N-methyl/N-ethyl adjacent to an activating group) is 8. The molecule has 2 saturated heterocycles. The zero-order valence-corrected chi connectivity index (χ0v) is 63.9. The first-order valence-corrected chi connectivity index (χ1v) is 37.3. The molecular weight excluding hydrogens is 1370 g/mol. The van der Waals surface area contributed by atoms with Crippen molar-refractivity contribution in [3.05, 3.63) is 64.4 Å². The number of nitrogens with zero attached hydrogens (tertiary/aromatic N) is 10. The van der Waals surface area contributed by atoms with E-state index in [9.17, 15) is 46.7 Å². The maximum absolute atomic E-state index is 15.8. The minimum Gasteiger partial charge on any atom is -0.347 e. The average molecular weight is 1480 g/mol. The van der Waals surface area contributed by atoms with Gasteiger partial charge in [0.05, 0.1) is 23.6 Å². The number of nitrogens with one attached hydrogen (secondary N) is 3. The molecule has 3 heterocycles. The molecule has 104 heavy (non-hydrogen) atoms. The first-order valence-electron chi connectivity index (χ1n) is 37.0. The molecule has 3 aliphatic carbocycles. The number of aromatic nitrogens is 1. The molecule has 2 aliphatic heterocycles. The molecule has 3 N–H and O–H groups in total. The lowest BCUT2D eigenvalue weighted by Gasteiger charge is -2.45. The maximum Gasteiger partial charge on any atom is 0.417 e. The van der Waals surface area contributed by atoms with Crippen molar-refractivity contribution in [1.82, 2.24) is 65.0 Å². The summed E-state index contributed by atoms with van der Waals surface area (Å²) < 4.78 is 41.9. The Morgan fingerprint density at radius 1 is 0.692 bits per heavy atom. The molecule has 5 aliphatic rings. The fourth-order valence-electron chi connectivity index (χ4n) is 15.6. The summed E-state index contributed by atoms with van der Waals surface area (Å²) >= 11 is 6.20. The molecule has 1 aromatic carbocycles. The van der Waals surface area contributed by atoms with E-state index in [2.05, 4.69) is 20.9 Å². The molecule has 10 atom stereocenters. The zero-order chi connectivity index (χ0) is 77.0. The summed E-state index contributed by atoms with van der Waals surface area (Å²) in [6, 6.07) is -5.04. The van der Waals surface area contributed by atoms with Crippen LogP contribution in [0, 0.1) is 23.7 Å². The monoisotopic (exact) mass is 1480 g/mol. The minimum atomic E-state index is -4.78. The number of hydrogen-bond donors (Lipinski definition) is 3. The normalized spacial score (nSPS) is 26.6. The van der Waals surface area contributed by atoms with Crippen LogP contribution < -0.4 is 16.0 Å². The summed E-state index contributed by atoms with van der Waals surface area (Å²) in [4.78, 5) is 197. The van der Waals surface area contributed by atoms with Gasteiger partial charge in [-0.25, -0.2) is 0 Å². The molecule has 0 bridgehead atoms. The predicted molar refractivity (Wildman–Crippen MR) is 384 cm³/mol. The van der Waals surface area contributed by atoms with Crippen molar-refractivity contribution in [3.63, 3.8) is 0 Å². The van der Waals surface area contributed by atoms with Gasteiger partial charge in [0.25, 0.3) is 0 Å². The lowest BCUT2D eigenvalue weighted by molar-refractivity contribution is -0.160. The summed E-state index contributed by atoms with van der Waals surface area (Å²) in [6.45, 7) is 8.31. The smallest absolute Gasteiger partial charge is 0.347 e. The third-order valence-electron chi connectivity index (χ3n) is 22.6. The number of amides is 12. The van der Waals surface area contributed by atoms with E-state index in [-0.39, 0.29) is 75.3 Å². The topological polar surface area (TPSA) is 283 Å². The van der Waals surface area contributed by atoms with E-state index in [1.807, 2.05) is 20.8 Å². The Balaban J connectivity index is 1.33. The van der Waals surface area contributed by atoms with Gasteiger partial charge < -0.3 is 60.0 Å². The fourth-order valence-corrected chi connectivity index (χ4v) is 15.9. The third kappa shape index (κ3) is 20.0. The van der Waals surface area contributed by atoms with Gasteiger partial charge in [-0.1, -0.05) is 116 Å². The molecule has 1 spiro atoms. The van der Waals surface area contributed by atoms with Crippen LogP contribution in [-0.2, 0) is 76.6 Å². The molecule has 3 saturated carbocycles. The van der Waals surface area contributed by atoms with Gasteiger partial charge in [-0.2, -0.15) is 13.2 Å². The second kappa shape index (κ2) is 36.4. The quantitative estimate of drug-likeness (QED) is 0.204. The molecule has 576 valence electrons. The zero-order valence-electron chi connectivity index (χ0n) is 63.2. The van der Waals surface area contributed by atoms with Crippen LogP contribution in [0.4, 0.5) is 13.2 Å². The Kier molecular flexibility index (Phi) is 29.2. The van der Waals surface area contributed by atoms with Gasteiger partial charge >= 0.3 is 6.18 Å². The Bertz CT molecular complexity index is 3420. The van der Waals surface area contributed by atoms with E-state index >= 15 is 24.0 Å². The highest BCUT2D eigenvalue weighted by molar-refractivity contribution is 6.31. The number of aryl methyl sites for hydroxylation is 1. The lowest BCUT2D eigenvalue weighted by atomic mass is 9.84. The fraction of sp³-hybridized carbons (Fsp3) is 0.693. The summed E-state index contributed by atoms with van der Waals surface area (Å²) in [5.74, 6) is -9.28. The lowest BCUT2D eigenvalue weighted by Crippen LogP contribution is -2.65. The van der Waals surface area contributed by atoms with E-state index in [1.54, 1.807) is 19.1 Å². The Labute approximate surface area is 615 Å². The SMILES string of the molecule is CC[C@H](C)[C@@H]1NC(=O)[C@H](CC(C)C)N(C)C(=O)C[C@@H](C(=O)N(C)C)N(C)C(=O)[C@H](C2CCCC2)N(C)C(=O)C2(CCCC2)NC(=O)[C@H](Cc2cccnc2)N(C)C(=O)[C@H](CCc2ccc(C(F)(F)F)c(Cl)c2)NC(=O)CN(C)C(=O)[C@H](CC2CCCCC2)N(C)C(=O)[C@@H]2CCN2C(=O)[C@H](C)N(C)C1=O. The van der Waals surface area contributed by atoms with Gasteiger partial charge in [-0.15, -0.1) is 0 Å². The number of halogens is 4. The molecule has 25 nitrogen and oxygen atoms in total. The summed E-state index contributed by atoms with van der Waals surface area (Å²) in [5.41, 5.74) is -2.00.